The van der Waals surface area contributed by atoms with Gasteiger partial charge in [0.15, 0.2) is 0 Å². The van der Waals surface area contributed by atoms with Gasteiger partial charge in [0.05, 0.1) is 35.1 Å². The van der Waals surface area contributed by atoms with Crippen molar-refractivity contribution in [2.75, 3.05) is 33.7 Å². The Morgan fingerprint density at radius 2 is 0.869 bits per heavy atom. The normalized spacial score (nSPS) is 52.7. The number of fused-ring (bicyclic) bond motifs is 18. The first-order chi connectivity index (χ1) is 47.0. The zero-order chi connectivity index (χ0) is 70.0. The minimum atomic E-state index is 0. The molecule has 6 saturated heterocycles. The largest absolute Gasteiger partial charge is 0.369 e. The Balaban J connectivity index is 0.000000125. The van der Waals surface area contributed by atoms with Gasteiger partial charge in [0.2, 0.25) is 0 Å². The maximum atomic E-state index is 12.4. The topological polar surface area (TPSA) is 97.4 Å². The molecule has 99 heavy (non-hydrogen) atoms. The average Bonchev–Trinajstić information content (AvgIpc) is 1.48. The monoisotopic (exact) mass is 1370 g/mol. The van der Waals surface area contributed by atoms with Crippen LogP contribution in [0, 0.1) is 122 Å². The molecule has 6 heterocycles. The molecule has 0 aromatic rings. The summed E-state index contributed by atoms with van der Waals surface area (Å²) in [4.78, 5) is 42.0. The summed E-state index contributed by atoms with van der Waals surface area (Å²) in [6.07, 6.45) is 36.4. The quantitative estimate of drug-likeness (QED) is 0.238. The molecule has 0 aromatic carbocycles. The van der Waals surface area contributed by atoms with E-state index >= 15 is 0 Å². The molecule has 9 saturated carbocycles. The van der Waals surface area contributed by atoms with Crippen molar-refractivity contribution in [3.8, 4) is 0 Å². The zero-order valence-electron chi connectivity index (χ0n) is 66.2. The highest BCUT2D eigenvalue weighted by Crippen LogP contribution is 2.71. The summed E-state index contributed by atoms with van der Waals surface area (Å²) >= 11 is 0. The molecule has 15 fully saturated rings. The molecule has 1 N–H and O–H groups in total. The van der Waals surface area contributed by atoms with Crippen molar-refractivity contribution < 1.29 is 30.0 Å². The highest BCUT2D eigenvalue weighted by molar-refractivity contribution is 5.81. The van der Waals surface area contributed by atoms with E-state index in [0.717, 1.165) is 155 Å². The van der Waals surface area contributed by atoms with Crippen molar-refractivity contribution in [3.05, 3.63) is 33.4 Å². The first-order valence-corrected chi connectivity index (χ1v) is 42.1. The van der Waals surface area contributed by atoms with Crippen LogP contribution in [0.3, 0.4) is 0 Å². The average molecular weight is 1370 g/mol. The Kier molecular flexibility index (Phi) is 19.8. The minimum absolute atomic E-state index is 0. The molecule has 0 bridgehead atoms. The molecule has 0 radical (unpaired) electrons. The second kappa shape index (κ2) is 27.0. The lowest BCUT2D eigenvalue weighted by molar-refractivity contribution is -0.142. The number of allylic oxidation sites excluding steroid dienone is 3. The Bertz CT molecular complexity index is 3190. The summed E-state index contributed by atoms with van der Waals surface area (Å²) in [6, 6.07) is 1.75. The van der Waals surface area contributed by atoms with E-state index in [1.54, 1.807) is 23.6 Å². The second-order valence-corrected chi connectivity index (χ2v) is 40.4. The fourth-order valence-corrected chi connectivity index (χ4v) is 30.4. The number of likely N-dealkylation sites (N-methyl/N-ethyl adjacent to an activating group) is 2. The standard InChI is InChI=1S/C30H47NO2.C29H45NO2.C28H43NO2.C2H6.CH4/c1-18-13-26-27(31(6)17-18)20(3)30(33-26)12-9-22-23-8-10-28(4)16-21(32)7-11-29(28,5)25(23)14-24(22)19(2)15-30;1-17-12-26-27(30(5)16-17)19(3)29(32-26)11-9-22-23-7-6-20-13-21(31)8-10-28(20,4)25(23)14-24(22)18(2)15-29;1-16-11-25-26(29-15-16)18(3)28(31-25)10-8-21-22-6-5-19-12-20(30)7-9-27(19,4)24(22)13-23(21)17(2)14-28;1-2;/h18,20,22-23,25-27H,7-17H2,1-6H3;17,19-20,22-23,25-27H,6-16H2,1-5H3;16,18-19,21-22,24-26,29H,5-15H2,1-4H3;1-2H3;1H4/t18-,20+,22-,23-,25-,26+,27-,28+,29+,30-;17-,19+,20+,22-,23-,25-,26+,27-,28-,29-;16-,18+,19+,21-,22-,24-,25+,26-,27-,28-;;/m000../s1/i;;;1D;. The number of likely N-dealkylation sites (tertiary alicyclic amines) is 2. The predicted molar refractivity (Wildman–Crippen MR) is 403 cm³/mol. The lowest BCUT2D eigenvalue weighted by atomic mass is 9.45. The maximum Gasteiger partial charge on any atom is 0.133 e. The summed E-state index contributed by atoms with van der Waals surface area (Å²) in [5, 5.41) is 3.85. The minimum Gasteiger partial charge on any atom is -0.369 e. The van der Waals surface area contributed by atoms with Crippen LogP contribution in [-0.2, 0) is 28.6 Å². The smallest absolute Gasteiger partial charge is 0.133 e. The van der Waals surface area contributed by atoms with E-state index in [0.29, 0.717) is 107 Å². The van der Waals surface area contributed by atoms with Gasteiger partial charge in [0, 0.05) is 88.9 Å². The number of ether oxygens (including phenoxy) is 3. The number of hydrogen-bond donors (Lipinski definition) is 1. The van der Waals surface area contributed by atoms with Gasteiger partial charge in [-0.2, -0.15) is 0 Å². The predicted octanol–water partition coefficient (Wildman–Crippen LogP) is 19.8. The molecule has 18 rings (SSSR count). The highest BCUT2D eigenvalue weighted by Gasteiger charge is 2.66. The number of Topliss-reactive ketones (excluding diaryl/α,β-unsaturated/α-hetero) is 3. The lowest BCUT2D eigenvalue weighted by Gasteiger charge is -2.58. The number of carbonyl (C=O) groups excluding carboxylic acids is 3. The highest BCUT2D eigenvalue weighted by atomic mass is 16.5. The molecular formula is C90H145N3O6. The van der Waals surface area contributed by atoms with Gasteiger partial charge in [-0.25, -0.2) is 0 Å². The SMILES string of the molecule is C.CC1=C2C[C@H]3[C@@H](CC[C@@H]4CC(=O)CC[C@@]43C)[C@@H]2CC[C@@]2(C1)O[C@@H]1C[C@H](C)CN(C)[C@H]1[C@H]2C.CC1=C2C[C@H]3[C@@H](CC[C@@H]4CC(=O)CC[C@@]43C)[C@@H]2CC[C@@]2(C1)O[C@@H]1C[C@H](C)CN[C@H]1[C@H]2C.CC1=C2C[C@H]3[C@@H](CC[C@]4(C)CC(=O)CC[C@]34C)[C@@H]2CC[C@@]2(C1)O[C@@H]1C[C@H](C)CN(C)[C@H]1[C@H]2C.[2H]CC. The molecule has 556 valence electrons. The maximum absolute atomic E-state index is 12.4. The molecule has 30 atom stereocenters. The van der Waals surface area contributed by atoms with E-state index in [4.69, 9.17) is 15.6 Å². The molecule has 12 aliphatic carbocycles. The fourth-order valence-electron chi connectivity index (χ4n) is 30.4. The number of carbonyl (C=O) groups is 3. The van der Waals surface area contributed by atoms with E-state index in [9.17, 15) is 14.4 Å². The molecule has 0 amide bonds. The number of piperidine rings is 3. The van der Waals surface area contributed by atoms with Gasteiger partial charge in [0.25, 0.3) is 0 Å². The molecular weight excluding hydrogens is 1220 g/mol. The van der Waals surface area contributed by atoms with Crippen LogP contribution in [0.4, 0.5) is 0 Å². The van der Waals surface area contributed by atoms with Crippen molar-refractivity contribution in [1.29, 1.82) is 0 Å². The van der Waals surface area contributed by atoms with Crippen LogP contribution in [0.15, 0.2) is 33.4 Å². The summed E-state index contributed by atoms with van der Waals surface area (Å²) in [5.74, 6) is 14.2. The van der Waals surface area contributed by atoms with Gasteiger partial charge >= 0.3 is 0 Å². The van der Waals surface area contributed by atoms with E-state index in [-0.39, 0.29) is 29.6 Å². The summed E-state index contributed by atoms with van der Waals surface area (Å²) in [5.41, 5.74) is 12.0. The van der Waals surface area contributed by atoms with Crippen LogP contribution in [-0.4, -0.2) is 114 Å². The van der Waals surface area contributed by atoms with E-state index in [2.05, 4.69) is 119 Å². The van der Waals surface area contributed by atoms with E-state index < -0.39 is 0 Å². The Morgan fingerprint density at radius 1 is 0.465 bits per heavy atom. The van der Waals surface area contributed by atoms with Crippen LogP contribution >= 0.6 is 0 Å². The zero-order valence-corrected chi connectivity index (χ0v) is 65.2. The van der Waals surface area contributed by atoms with E-state index in [1.165, 1.54) is 129 Å². The Hall–Kier alpha value is -2.01. The molecule has 6 aliphatic heterocycles. The van der Waals surface area contributed by atoms with Crippen molar-refractivity contribution in [2.24, 2.45) is 122 Å². The van der Waals surface area contributed by atoms with Gasteiger partial charge in [-0.05, 0) is 300 Å². The molecule has 9 heteroatoms. The summed E-state index contributed by atoms with van der Waals surface area (Å²) in [7, 11) is 4.67. The van der Waals surface area contributed by atoms with Crippen LogP contribution in [0.25, 0.3) is 0 Å². The van der Waals surface area contributed by atoms with Gasteiger partial charge in [0.1, 0.15) is 17.3 Å². The molecule has 18 aliphatic rings. The lowest BCUT2D eigenvalue weighted by Crippen LogP contribution is -2.52. The Labute approximate surface area is 605 Å². The number of nitrogens with zero attached hydrogens (tertiary/aromatic N) is 2. The van der Waals surface area contributed by atoms with Crippen LogP contribution in [0.2, 0.25) is 0 Å². The molecule has 0 unspecified atom stereocenters. The number of hydrogen-bond acceptors (Lipinski definition) is 9. The number of ketones is 3. The van der Waals surface area contributed by atoms with Gasteiger partial charge < -0.3 is 29.3 Å². The van der Waals surface area contributed by atoms with Crippen molar-refractivity contribution in [3.63, 3.8) is 0 Å². The molecule has 3 spiro atoms. The first-order valence-electron chi connectivity index (χ1n) is 42.8. The van der Waals surface area contributed by atoms with Crippen molar-refractivity contribution in [2.45, 2.75) is 357 Å². The second-order valence-electron chi connectivity index (χ2n) is 40.4. The van der Waals surface area contributed by atoms with Crippen LogP contribution < -0.4 is 5.32 Å². The van der Waals surface area contributed by atoms with Crippen molar-refractivity contribution >= 4 is 17.3 Å². The third-order valence-electron chi connectivity index (χ3n) is 35.8. The van der Waals surface area contributed by atoms with Gasteiger partial charge in [-0.1, -0.05) is 124 Å². The van der Waals surface area contributed by atoms with E-state index in [1.807, 2.05) is 16.7 Å². The van der Waals surface area contributed by atoms with Gasteiger partial charge in [-0.3, -0.25) is 14.4 Å². The third-order valence-corrected chi connectivity index (χ3v) is 35.8. The van der Waals surface area contributed by atoms with Crippen LogP contribution in [0.1, 0.15) is 305 Å². The van der Waals surface area contributed by atoms with Crippen LogP contribution in [0.5, 0.6) is 0 Å². The third kappa shape index (κ3) is 11.9. The fraction of sp³-hybridized carbons (Fsp3) is 0.900. The van der Waals surface area contributed by atoms with Gasteiger partial charge in [-0.15, -0.1) is 0 Å². The summed E-state index contributed by atoms with van der Waals surface area (Å²) < 4.78 is 27.4. The molecule has 9 nitrogen and oxygen atoms in total. The van der Waals surface area contributed by atoms with Crippen molar-refractivity contribution in [1.82, 2.24) is 15.1 Å². The summed E-state index contributed by atoms with van der Waals surface area (Å²) in [6.45, 7) is 38.0. The Morgan fingerprint density at radius 3 is 1.33 bits per heavy atom. The number of rotatable bonds is 0. The number of nitrogens with one attached hydrogen (secondary N) is 1. The molecule has 0 aromatic heterocycles. The first kappa shape index (κ1) is 72.5.